The van der Waals surface area contributed by atoms with Crippen molar-refractivity contribution in [3.05, 3.63) is 53.0 Å². The largest absolute Gasteiger partial charge is 0.389 e. The number of hydrogen-bond acceptors (Lipinski definition) is 16. The minimum atomic E-state index is -1.99. The summed E-state index contributed by atoms with van der Waals surface area (Å²) in [7, 11) is 0. The highest BCUT2D eigenvalue weighted by Gasteiger charge is 2.37. The lowest BCUT2D eigenvalue weighted by molar-refractivity contribution is -0.136. The SMILES string of the molecule is C/C=C1\NC(=O)C(NC(=O)c2cc3ccc(Cl)cc3cn2)C(O)CNC(=O)C(C(O)CN)NC(=O)C(C(O)CN)NC(=O)[C@H](CCCN=C(N)N)NC[C@H](CC(C)C)NC(=O)[C@H](CCN)NC1=O. The Hall–Kier alpha value is -6.06. The van der Waals surface area contributed by atoms with Crippen molar-refractivity contribution in [1.82, 2.24) is 47.5 Å². The highest BCUT2D eigenvalue weighted by molar-refractivity contribution is 6.31. The van der Waals surface area contributed by atoms with E-state index in [2.05, 4.69) is 52.5 Å². The smallest absolute Gasteiger partial charge is 0.270 e. The number of carbonyl (C=O) groups is 7. The van der Waals surface area contributed by atoms with Gasteiger partial charge in [0.05, 0.1) is 18.2 Å². The minimum absolute atomic E-state index is 0.00651. The molecular formula is C42H66ClN15O10. The Balaban J connectivity index is 2.12. The van der Waals surface area contributed by atoms with Crippen LogP contribution in [0.3, 0.4) is 0 Å². The summed E-state index contributed by atoms with van der Waals surface area (Å²) in [6.45, 7) is 3.21. The number of nitrogens with zero attached hydrogens (tertiary/aromatic N) is 2. The van der Waals surface area contributed by atoms with E-state index in [-0.39, 0.29) is 56.5 Å². The molecule has 0 bridgehead atoms. The third-order valence-corrected chi connectivity index (χ3v) is 10.8. The van der Waals surface area contributed by atoms with Crippen molar-refractivity contribution in [2.75, 3.05) is 39.3 Å². The molecule has 1 aromatic carbocycles. The zero-order valence-electron chi connectivity index (χ0n) is 38.2. The van der Waals surface area contributed by atoms with Crippen molar-refractivity contribution >= 4 is 69.7 Å². The standard InChI is InChI=1S/C42H66ClN15O10/c1-4-25-35(62)55-27(9-10-44)37(64)53-24(12-20(2)3)18-51-26(6-5-11-49-42(47)48)36(63)56-33(30(60)16-46)41(68)58-32(29(59)15-45)39(66)52-19-31(61)34(40(67)54-25)57-38(65)28-14-21-7-8-23(43)13-22(21)17-50-28/h4,7-8,13-14,17,20,24,26-27,29-34,51,59-61H,5-6,9-12,15-16,18-19,44-46H2,1-3H3,(H,52,66)(H,53,64)(H,54,67)(H,55,62)(H,56,63)(H,57,65)(H,58,68)(H4,47,48,49)/b25-4-/t24-,26-,27-,29?,30?,31?,32?,33?,34?/m0/s1. The quantitative estimate of drug-likeness (QED) is 0.0363. The Morgan fingerprint density at radius 1 is 0.868 bits per heavy atom. The van der Waals surface area contributed by atoms with Crippen LogP contribution in [0, 0.1) is 5.92 Å². The number of aromatic nitrogens is 1. The molecule has 1 aromatic heterocycles. The van der Waals surface area contributed by atoms with Crippen LogP contribution in [-0.2, 0) is 28.8 Å². The van der Waals surface area contributed by atoms with Gasteiger partial charge in [0.25, 0.3) is 11.8 Å². The molecule has 21 N–H and O–H groups in total. The van der Waals surface area contributed by atoms with Gasteiger partial charge in [-0.25, -0.2) is 0 Å². The van der Waals surface area contributed by atoms with Crippen LogP contribution >= 0.6 is 11.6 Å². The monoisotopic (exact) mass is 975 g/mol. The molecule has 26 heteroatoms. The number of amides is 7. The molecule has 1 fully saturated rings. The van der Waals surface area contributed by atoms with Gasteiger partial charge < -0.3 is 86.5 Å². The van der Waals surface area contributed by atoms with Crippen molar-refractivity contribution in [2.24, 2.45) is 39.6 Å². The maximum atomic E-state index is 14.0. The van der Waals surface area contributed by atoms with E-state index in [4.69, 9.17) is 40.3 Å². The van der Waals surface area contributed by atoms with Gasteiger partial charge >= 0.3 is 0 Å². The number of β-amino-alcohol motifs (C(OH)–C–C–N with tert-alkyl or cyclic N) is 1. The van der Waals surface area contributed by atoms with E-state index in [0.29, 0.717) is 22.2 Å². The maximum absolute atomic E-state index is 14.0. The third kappa shape index (κ3) is 17.2. The number of fused-ring (bicyclic) bond motifs is 1. The molecule has 2 aromatic rings. The number of rotatable bonds is 14. The highest BCUT2D eigenvalue weighted by Crippen LogP contribution is 2.19. The lowest BCUT2D eigenvalue weighted by atomic mass is 10.0. The van der Waals surface area contributed by atoms with Gasteiger partial charge in [-0.05, 0) is 68.7 Å². The van der Waals surface area contributed by atoms with Gasteiger partial charge in [-0.3, -0.25) is 43.5 Å². The number of carbonyl (C=O) groups excluding carboxylic acids is 7. The highest BCUT2D eigenvalue weighted by atomic mass is 35.5. The molecule has 0 aliphatic carbocycles. The van der Waals surface area contributed by atoms with Crippen LogP contribution in [0.2, 0.25) is 5.02 Å². The fourth-order valence-corrected chi connectivity index (χ4v) is 7.16. The molecule has 1 aliphatic heterocycles. The summed E-state index contributed by atoms with van der Waals surface area (Å²) in [5.41, 5.74) is 27.6. The molecule has 0 spiro atoms. The van der Waals surface area contributed by atoms with Crippen LogP contribution in [0.5, 0.6) is 0 Å². The lowest BCUT2D eigenvalue weighted by Gasteiger charge is -2.30. The summed E-state index contributed by atoms with van der Waals surface area (Å²) in [4.78, 5) is 105. The predicted octanol–water partition coefficient (Wildman–Crippen LogP) is -5.52. The number of aliphatic hydroxyl groups is 3. The van der Waals surface area contributed by atoms with Crippen LogP contribution < -0.4 is 71.2 Å². The van der Waals surface area contributed by atoms with E-state index < -0.39 is 121 Å². The first-order chi connectivity index (χ1) is 32.2. The molecule has 1 saturated heterocycles. The molecule has 3 rings (SSSR count). The number of aliphatic hydroxyl groups excluding tert-OH is 3. The van der Waals surface area contributed by atoms with Crippen LogP contribution in [0.15, 0.2) is 47.2 Å². The molecule has 0 radical (unpaired) electrons. The van der Waals surface area contributed by atoms with Crippen LogP contribution in [0.4, 0.5) is 0 Å². The molecule has 1 aliphatic rings. The summed E-state index contributed by atoms with van der Waals surface area (Å²) >= 11 is 6.09. The molecule has 25 nitrogen and oxygen atoms in total. The zero-order valence-corrected chi connectivity index (χ0v) is 38.9. The van der Waals surface area contributed by atoms with Crippen molar-refractivity contribution in [3.8, 4) is 0 Å². The predicted molar refractivity (Wildman–Crippen MR) is 252 cm³/mol. The summed E-state index contributed by atoms with van der Waals surface area (Å²) in [5.74, 6) is -7.09. The molecule has 7 amide bonds. The number of hydrogen-bond donors (Lipinski definition) is 16. The van der Waals surface area contributed by atoms with E-state index >= 15 is 0 Å². The molecular weight excluding hydrogens is 910 g/mol. The van der Waals surface area contributed by atoms with Crippen molar-refractivity contribution in [1.29, 1.82) is 0 Å². The van der Waals surface area contributed by atoms with Gasteiger partial charge in [-0.2, -0.15) is 0 Å². The fraction of sp³-hybridized carbons (Fsp3) is 0.548. The number of benzene rings is 1. The Morgan fingerprint density at radius 3 is 2.13 bits per heavy atom. The maximum Gasteiger partial charge on any atom is 0.270 e. The molecule has 2 heterocycles. The molecule has 6 unspecified atom stereocenters. The number of pyridine rings is 1. The minimum Gasteiger partial charge on any atom is -0.389 e. The normalized spacial score (nSPS) is 24.7. The van der Waals surface area contributed by atoms with E-state index in [1.807, 2.05) is 13.8 Å². The van der Waals surface area contributed by atoms with E-state index in [0.717, 1.165) is 0 Å². The third-order valence-electron chi connectivity index (χ3n) is 10.6. The number of allylic oxidation sites excluding steroid dienone is 1. The van der Waals surface area contributed by atoms with Crippen LogP contribution in [-0.4, -0.2) is 161 Å². The van der Waals surface area contributed by atoms with E-state index in [1.54, 1.807) is 18.2 Å². The topological polar surface area (TPSA) is 432 Å². The van der Waals surface area contributed by atoms with E-state index in [1.165, 1.54) is 25.3 Å². The average molecular weight is 977 g/mol. The summed E-state index contributed by atoms with van der Waals surface area (Å²) in [5, 5.41) is 55.1. The number of nitrogens with one attached hydrogen (secondary N) is 8. The van der Waals surface area contributed by atoms with Gasteiger partial charge in [-0.15, -0.1) is 0 Å². The lowest BCUT2D eigenvalue weighted by Crippen LogP contribution is -2.64. The van der Waals surface area contributed by atoms with Crippen molar-refractivity contribution in [2.45, 2.75) is 101 Å². The van der Waals surface area contributed by atoms with Gasteiger partial charge in [0, 0.05) is 55.4 Å². The first-order valence-electron chi connectivity index (χ1n) is 22.0. The van der Waals surface area contributed by atoms with E-state index in [9.17, 15) is 48.9 Å². The number of halogens is 1. The van der Waals surface area contributed by atoms with Gasteiger partial charge in [0.15, 0.2) is 5.96 Å². The fourth-order valence-electron chi connectivity index (χ4n) is 6.98. The summed E-state index contributed by atoms with van der Waals surface area (Å²) in [6.07, 6.45) is -2.34. The molecule has 0 saturated carbocycles. The zero-order chi connectivity index (χ0) is 50.7. The second-order valence-electron chi connectivity index (χ2n) is 16.4. The molecule has 376 valence electrons. The second-order valence-corrected chi connectivity index (χ2v) is 16.9. The number of aliphatic imine (C=N–C) groups is 1. The summed E-state index contributed by atoms with van der Waals surface area (Å²) < 4.78 is 0. The Labute approximate surface area is 397 Å². The molecule has 68 heavy (non-hydrogen) atoms. The Kier molecular flexibility index (Phi) is 22.9. The molecule has 9 atom stereocenters. The van der Waals surface area contributed by atoms with Crippen molar-refractivity contribution < 1.29 is 48.9 Å². The van der Waals surface area contributed by atoms with Crippen LogP contribution in [0.1, 0.15) is 56.9 Å². The number of nitrogens with two attached hydrogens (primary N) is 5. The first kappa shape index (κ1) is 56.3. The Morgan fingerprint density at radius 2 is 1.51 bits per heavy atom. The Bertz CT molecular complexity index is 2140. The number of guanidine groups is 1. The van der Waals surface area contributed by atoms with Crippen LogP contribution in [0.25, 0.3) is 10.8 Å². The second kappa shape index (κ2) is 27.7. The first-order valence-corrected chi connectivity index (χ1v) is 22.4. The van der Waals surface area contributed by atoms with Gasteiger partial charge in [0.2, 0.25) is 29.5 Å². The summed E-state index contributed by atoms with van der Waals surface area (Å²) in [6, 6.07) is -2.48. The van der Waals surface area contributed by atoms with Gasteiger partial charge in [-0.1, -0.05) is 37.6 Å². The average Bonchev–Trinajstić information content (AvgIpc) is 3.30. The van der Waals surface area contributed by atoms with Crippen molar-refractivity contribution in [3.63, 3.8) is 0 Å². The van der Waals surface area contributed by atoms with Gasteiger partial charge in [0.1, 0.15) is 41.7 Å².